The Bertz CT molecular complexity index is 620. The molecular weight excluding hydrogens is 269 g/mol. The van der Waals surface area contributed by atoms with Gasteiger partial charge in [-0.3, -0.25) is 4.98 Å². The molecule has 2 aromatic rings. The van der Waals surface area contributed by atoms with E-state index in [0.29, 0.717) is 11.6 Å². The van der Waals surface area contributed by atoms with Crippen LogP contribution in [0.15, 0.2) is 24.5 Å². The van der Waals surface area contributed by atoms with Crippen molar-refractivity contribution in [2.45, 2.75) is 25.8 Å². The highest BCUT2D eigenvalue weighted by atomic mass is 19.1. The number of hydrogen-bond acceptors (Lipinski definition) is 5. The van der Waals surface area contributed by atoms with Crippen molar-refractivity contribution in [3.05, 3.63) is 35.9 Å². The molecule has 2 aromatic heterocycles. The van der Waals surface area contributed by atoms with Gasteiger partial charge in [-0.1, -0.05) is 0 Å². The standard InChI is InChI=1S/C15H18FN5/c1-10-8-19-15(21-6-4-12(17)5-7-21)20-14(10)13-3-2-11(16)9-18-13/h2-3,8-9,12H,4-7,17H2,1H3. The lowest BCUT2D eigenvalue weighted by atomic mass is 10.1. The van der Waals surface area contributed by atoms with Crippen molar-refractivity contribution in [3.8, 4) is 11.4 Å². The molecule has 0 amide bonds. The average molecular weight is 287 g/mol. The first-order valence-corrected chi connectivity index (χ1v) is 7.09. The van der Waals surface area contributed by atoms with Crippen LogP contribution in [0.5, 0.6) is 0 Å². The third-order valence-electron chi connectivity index (χ3n) is 3.75. The number of halogens is 1. The molecule has 0 aliphatic carbocycles. The van der Waals surface area contributed by atoms with E-state index < -0.39 is 0 Å². The van der Waals surface area contributed by atoms with Crippen molar-refractivity contribution >= 4 is 5.95 Å². The van der Waals surface area contributed by atoms with Crippen LogP contribution in [-0.2, 0) is 0 Å². The summed E-state index contributed by atoms with van der Waals surface area (Å²) in [5, 5.41) is 0. The molecule has 1 aliphatic rings. The van der Waals surface area contributed by atoms with Crippen molar-refractivity contribution in [1.82, 2.24) is 15.0 Å². The smallest absolute Gasteiger partial charge is 0.225 e. The first-order valence-electron chi connectivity index (χ1n) is 7.09. The summed E-state index contributed by atoms with van der Waals surface area (Å²) in [6, 6.07) is 3.30. The van der Waals surface area contributed by atoms with Gasteiger partial charge < -0.3 is 10.6 Å². The Morgan fingerprint density at radius 1 is 1.19 bits per heavy atom. The Balaban J connectivity index is 1.91. The van der Waals surface area contributed by atoms with Crippen molar-refractivity contribution in [2.24, 2.45) is 5.73 Å². The molecule has 0 atom stereocenters. The highest BCUT2D eigenvalue weighted by Crippen LogP contribution is 2.22. The minimum atomic E-state index is -0.351. The summed E-state index contributed by atoms with van der Waals surface area (Å²) in [7, 11) is 0. The first kappa shape index (κ1) is 13.9. The summed E-state index contributed by atoms with van der Waals surface area (Å²) in [6.45, 7) is 3.65. The normalized spacial score (nSPS) is 16.2. The first-order chi connectivity index (χ1) is 10.1. The van der Waals surface area contributed by atoms with Crippen molar-refractivity contribution in [1.29, 1.82) is 0 Å². The molecule has 21 heavy (non-hydrogen) atoms. The number of aryl methyl sites for hydroxylation is 1. The summed E-state index contributed by atoms with van der Waals surface area (Å²) < 4.78 is 13.0. The molecule has 0 saturated carbocycles. The molecular formula is C15H18FN5. The monoisotopic (exact) mass is 287 g/mol. The van der Waals surface area contributed by atoms with Gasteiger partial charge in [0, 0.05) is 25.3 Å². The molecule has 0 spiro atoms. The van der Waals surface area contributed by atoms with Gasteiger partial charge in [0.2, 0.25) is 5.95 Å². The number of anilines is 1. The average Bonchev–Trinajstić information content (AvgIpc) is 2.50. The van der Waals surface area contributed by atoms with Gasteiger partial charge in [-0.25, -0.2) is 14.4 Å². The molecule has 3 heterocycles. The second-order valence-electron chi connectivity index (χ2n) is 5.39. The molecule has 0 bridgehead atoms. The molecule has 0 aromatic carbocycles. The van der Waals surface area contributed by atoms with Gasteiger partial charge in [-0.2, -0.15) is 0 Å². The zero-order valence-electron chi connectivity index (χ0n) is 12.0. The molecule has 1 aliphatic heterocycles. The van der Waals surface area contributed by atoms with Crippen LogP contribution in [0.2, 0.25) is 0 Å². The lowest BCUT2D eigenvalue weighted by Gasteiger charge is -2.30. The van der Waals surface area contributed by atoms with Crippen LogP contribution >= 0.6 is 0 Å². The number of rotatable bonds is 2. The summed E-state index contributed by atoms with van der Waals surface area (Å²) in [4.78, 5) is 15.3. The Morgan fingerprint density at radius 2 is 1.95 bits per heavy atom. The van der Waals surface area contributed by atoms with Gasteiger partial charge in [0.15, 0.2) is 0 Å². The number of aromatic nitrogens is 3. The predicted octanol–water partition coefficient (Wildman–Crippen LogP) is 1.91. The van der Waals surface area contributed by atoms with E-state index in [1.165, 1.54) is 12.3 Å². The Kier molecular flexibility index (Phi) is 3.79. The Hall–Kier alpha value is -2.08. The quantitative estimate of drug-likeness (QED) is 0.914. The van der Waals surface area contributed by atoms with E-state index in [-0.39, 0.29) is 11.9 Å². The van der Waals surface area contributed by atoms with Crippen molar-refractivity contribution in [3.63, 3.8) is 0 Å². The molecule has 1 fully saturated rings. The summed E-state index contributed by atoms with van der Waals surface area (Å²) in [5.74, 6) is 0.337. The maximum absolute atomic E-state index is 13.0. The lowest BCUT2D eigenvalue weighted by Crippen LogP contribution is -2.40. The van der Waals surface area contributed by atoms with Crippen LogP contribution in [0.3, 0.4) is 0 Å². The Morgan fingerprint density at radius 3 is 2.62 bits per heavy atom. The maximum Gasteiger partial charge on any atom is 0.225 e. The fourth-order valence-electron chi connectivity index (χ4n) is 2.46. The second kappa shape index (κ2) is 5.73. The molecule has 3 rings (SSSR count). The number of piperidine rings is 1. The van der Waals surface area contributed by atoms with Crippen LogP contribution in [-0.4, -0.2) is 34.1 Å². The Labute approximate surface area is 123 Å². The summed E-state index contributed by atoms with van der Waals surface area (Å²) in [6.07, 6.45) is 4.89. The van der Waals surface area contributed by atoms with Gasteiger partial charge in [0.1, 0.15) is 5.82 Å². The lowest BCUT2D eigenvalue weighted by molar-refractivity contribution is 0.495. The predicted molar refractivity (Wildman–Crippen MR) is 79.4 cm³/mol. The second-order valence-corrected chi connectivity index (χ2v) is 5.39. The molecule has 110 valence electrons. The van der Waals surface area contributed by atoms with E-state index in [4.69, 9.17) is 5.73 Å². The minimum absolute atomic E-state index is 0.268. The molecule has 0 radical (unpaired) electrons. The SMILES string of the molecule is Cc1cnc(N2CCC(N)CC2)nc1-c1ccc(F)cn1. The van der Waals surface area contributed by atoms with E-state index in [0.717, 1.165) is 37.2 Å². The molecule has 2 N–H and O–H groups in total. The van der Waals surface area contributed by atoms with Crippen LogP contribution < -0.4 is 10.6 Å². The maximum atomic E-state index is 13.0. The van der Waals surface area contributed by atoms with E-state index in [9.17, 15) is 4.39 Å². The van der Waals surface area contributed by atoms with Crippen LogP contribution in [0, 0.1) is 12.7 Å². The number of nitrogens with two attached hydrogens (primary N) is 1. The van der Waals surface area contributed by atoms with E-state index in [2.05, 4.69) is 19.9 Å². The fraction of sp³-hybridized carbons (Fsp3) is 0.400. The zero-order chi connectivity index (χ0) is 14.8. The third-order valence-corrected chi connectivity index (χ3v) is 3.75. The van der Waals surface area contributed by atoms with E-state index in [1.807, 2.05) is 6.92 Å². The van der Waals surface area contributed by atoms with Crippen LogP contribution in [0.4, 0.5) is 10.3 Å². The van der Waals surface area contributed by atoms with Gasteiger partial charge in [-0.15, -0.1) is 0 Å². The summed E-state index contributed by atoms with van der Waals surface area (Å²) in [5.41, 5.74) is 8.25. The number of nitrogens with zero attached hydrogens (tertiary/aromatic N) is 4. The van der Waals surface area contributed by atoms with Crippen molar-refractivity contribution in [2.75, 3.05) is 18.0 Å². The minimum Gasteiger partial charge on any atom is -0.341 e. The van der Waals surface area contributed by atoms with Crippen molar-refractivity contribution < 1.29 is 4.39 Å². The van der Waals surface area contributed by atoms with Gasteiger partial charge in [0.05, 0.1) is 17.6 Å². The molecule has 6 heteroatoms. The highest BCUT2D eigenvalue weighted by molar-refractivity contribution is 5.59. The fourth-order valence-corrected chi connectivity index (χ4v) is 2.46. The van der Waals surface area contributed by atoms with Crippen LogP contribution in [0.25, 0.3) is 11.4 Å². The van der Waals surface area contributed by atoms with Gasteiger partial charge in [-0.05, 0) is 37.5 Å². The number of pyridine rings is 1. The van der Waals surface area contributed by atoms with Gasteiger partial charge in [0.25, 0.3) is 0 Å². The highest BCUT2D eigenvalue weighted by Gasteiger charge is 2.19. The zero-order valence-corrected chi connectivity index (χ0v) is 12.0. The molecule has 0 unspecified atom stereocenters. The number of hydrogen-bond donors (Lipinski definition) is 1. The van der Waals surface area contributed by atoms with E-state index >= 15 is 0 Å². The van der Waals surface area contributed by atoms with Gasteiger partial charge >= 0.3 is 0 Å². The van der Waals surface area contributed by atoms with Crippen LogP contribution in [0.1, 0.15) is 18.4 Å². The molecule has 5 nitrogen and oxygen atoms in total. The largest absolute Gasteiger partial charge is 0.341 e. The third kappa shape index (κ3) is 3.00. The molecule has 1 saturated heterocycles. The van der Waals surface area contributed by atoms with E-state index in [1.54, 1.807) is 12.3 Å². The summed E-state index contributed by atoms with van der Waals surface area (Å²) >= 11 is 0. The topological polar surface area (TPSA) is 67.9 Å².